The number of para-hydroxylation sites is 1. The highest BCUT2D eigenvalue weighted by atomic mass is 35.5. The maximum atomic E-state index is 6.57. The van der Waals surface area contributed by atoms with Gasteiger partial charge in [-0.2, -0.15) is 4.68 Å². The molecule has 1 heterocycles. The van der Waals surface area contributed by atoms with E-state index in [0.717, 1.165) is 40.7 Å². The summed E-state index contributed by atoms with van der Waals surface area (Å²) in [5.41, 5.74) is 2.86. The van der Waals surface area contributed by atoms with Crippen LogP contribution in [0.4, 0.5) is 0 Å². The van der Waals surface area contributed by atoms with E-state index < -0.39 is 0 Å². The smallest absolute Gasteiger partial charge is 0.214 e. The third kappa shape index (κ3) is 8.25. The van der Waals surface area contributed by atoms with Crippen LogP contribution in [0, 0.1) is 0 Å². The highest BCUT2D eigenvalue weighted by molar-refractivity contribution is 7.99. The Morgan fingerprint density at radius 3 is 2.54 bits per heavy atom. The van der Waals surface area contributed by atoms with Crippen LogP contribution in [0.5, 0.6) is 11.5 Å². The Kier molecular flexibility index (Phi) is 11.8. The number of hydrogen-bond acceptors (Lipinski definition) is 7. The molecule has 7 nitrogen and oxygen atoms in total. The standard InChI is InChI=1S/C26H27Cl2N5O2S.ClH/c1-2-34-24-16-19(15-23(28)25(24)35-18-20-9-6-7-12-22(20)27)17-29-13-8-14-36-26-30-31-32-33(26)21-10-4-3-5-11-21;/h3-7,9-12,15-16,29H,2,8,13-14,17-18H2,1H3;1H. The zero-order valence-electron chi connectivity index (χ0n) is 20.3. The first-order chi connectivity index (χ1) is 17.7. The first-order valence-corrected chi connectivity index (χ1v) is 13.4. The van der Waals surface area contributed by atoms with E-state index in [0.29, 0.717) is 41.3 Å². The van der Waals surface area contributed by atoms with Crippen LogP contribution in [0.15, 0.2) is 71.9 Å². The minimum absolute atomic E-state index is 0. The van der Waals surface area contributed by atoms with Gasteiger partial charge < -0.3 is 14.8 Å². The van der Waals surface area contributed by atoms with Crippen molar-refractivity contribution in [3.05, 3.63) is 87.9 Å². The molecule has 0 spiro atoms. The Bertz CT molecular complexity index is 1260. The van der Waals surface area contributed by atoms with E-state index in [1.807, 2.05) is 73.7 Å². The monoisotopic (exact) mass is 579 g/mol. The largest absolute Gasteiger partial charge is 0.490 e. The highest BCUT2D eigenvalue weighted by Gasteiger charge is 2.14. The van der Waals surface area contributed by atoms with Gasteiger partial charge in [-0.1, -0.05) is 71.4 Å². The van der Waals surface area contributed by atoms with Crippen molar-refractivity contribution in [3.8, 4) is 17.2 Å². The second kappa shape index (κ2) is 15.1. The minimum Gasteiger partial charge on any atom is -0.490 e. The highest BCUT2D eigenvalue weighted by Crippen LogP contribution is 2.37. The molecule has 0 atom stereocenters. The number of nitrogens with zero attached hydrogens (tertiary/aromatic N) is 4. The quantitative estimate of drug-likeness (QED) is 0.140. The first-order valence-electron chi connectivity index (χ1n) is 11.6. The molecule has 196 valence electrons. The third-order valence-electron chi connectivity index (χ3n) is 5.20. The number of tetrazole rings is 1. The van der Waals surface area contributed by atoms with Crippen LogP contribution in [0.2, 0.25) is 10.0 Å². The Morgan fingerprint density at radius 1 is 0.973 bits per heavy atom. The molecule has 0 unspecified atom stereocenters. The molecule has 0 aliphatic rings. The Hall–Kier alpha value is -2.49. The summed E-state index contributed by atoms with van der Waals surface area (Å²) in [5.74, 6) is 2.03. The van der Waals surface area contributed by atoms with Gasteiger partial charge in [-0.05, 0) is 66.2 Å². The predicted octanol–water partition coefficient (Wildman–Crippen LogP) is 6.64. The van der Waals surface area contributed by atoms with Gasteiger partial charge in [-0.15, -0.1) is 17.5 Å². The van der Waals surface area contributed by atoms with Crippen molar-refractivity contribution >= 4 is 47.4 Å². The lowest BCUT2D eigenvalue weighted by Crippen LogP contribution is -2.15. The molecule has 0 aliphatic heterocycles. The first kappa shape index (κ1) is 29.1. The number of thioether (sulfide) groups is 1. The van der Waals surface area contributed by atoms with Gasteiger partial charge in [-0.3, -0.25) is 0 Å². The van der Waals surface area contributed by atoms with E-state index in [9.17, 15) is 0 Å². The lowest BCUT2D eigenvalue weighted by molar-refractivity contribution is 0.269. The van der Waals surface area contributed by atoms with Crippen LogP contribution in [0.25, 0.3) is 5.69 Å². The van der Waals surface area contributed by atoms with Gasteiger partial charge >= 0.3 is 0 Å². The molecule has 0 fully saturated rings. The third-order valence-corrected chi connectivity index (χ3v) is 6.85. The second-order valence-electron chi connectivity index (χ2n) is 7.81. The number of ether oxygens (including phenoxy) is 2. The fourth-order valence-corrected chi connectivity index (χ4v) is 4.79. The van der Waals surface area contributed by atoms with Gasteiger partial charge in [0.15, 0.2) is 11.5 Å². The van der Waals surface area contributed by atoms with Crippen molar-refractivity contribution in [3.63, 3.8) is 0 Å². The minimum atomic E-state index is 0. The summed E-state index contributed by atoms with van der Waals surface area (Å²) in [7, 11) is 0. The number of halogens is 3. The fraction of sp³-hybridized carbons (Fsp3) is 0.269. The summed E-state index contributed by atoms with van der Waals surface area (Å²) in [4.78, 5) is 0. The molecule has 1 aromatic heterocycles. The summed E-state index contributed by atoms with van der Waals surface area (Å²) in [6.07, 6.45) is 0.956. The molecule has 11 heteroatoms. The van der Waals surface area contributed by atoms with Gasteiger partial charge in [-0.25, -0.2) is 0 Å². The molecular formula is C26H28Cl3N5O2S. The SMILES string of the molecule is CCOc1cc(CNCCCSc2nnnn2-c2ccccc2)cc(Cl)c1OCc1ccccc1Cl.Cl. The number of benzene rings is 3. The molecule has 3 aromatic carbocycles. The van der Waals surface area contributed by atoms with Gasteiger partial charge in [0.25, 0.3) is 0 Å². The summed E-state index contributed by atoms with van der Waals surface area (Å²) < 4.78 is 13.6. The summed E-state index contributed by atoms with van der Waals surface area (Å²) in [6, 6.07) is 21.3. The number of rotatable bonds is 13. The lowest BCUT2D eigenvalue weighted by atomic mass is 10.2. The molecule has 0 saturated heterocycles. The van der Waals surface area contributed by atoms with Crippen LogP contribution < -0.4 is 14.8 Å². The van der Waals surface area contributed by atoms with Crippen LogP contribution in [-0.4, -0.2) is 39.1 Å². The molecule has 0 radical (unpaired) electrons. The van der Waals surface area contributed by atoms with Gasteiger partial charge in [0.05, 0.1) is 17.3 Å². The van der Waals surface area contributed by atoms with Crippen molar-refractivity contribution < 1.29 is 9.47 Å². The molecular weight excluding hydrogens is 553 g/mol. The van der Waals surface area contributed by atoms with Crippen LogP contribution in [0.1, 0.15) is 24.5 Å². The molecule has 0 bridgehead atoms. The van der Waals surface area contributed by atoms with E-state index in [-0.39, 0.29) is 12.4 Å². The molecule has 4 aromatic rings. The molecule has 0 saturated carbocycles. The summed E-state index contributed by atoms with van der Waals surface area (Å²) >= 11 is 14.5. The van der Waals surface area contributed by atoms with Crippen LogP contribution in [0.3, 0.4) is 0 Å². The maximum Gasteiger partial charge on any atom is 0.214 e. The van der Waals surface area contributed by atoms with Crippen molar-refractivity contribution in [1.82, 2.24) is 25.5 Å². The van der Waals surface area contributed by atoms with Gasteiger partial charge in [0.2, 0.25) is 5.16 Å². The van der Waals surface area contributed by atoms with E-state index in [1.54, 1.807) is 16.4 Å². The zero-order valence-corrected chi connectivity index (χ0v) is 23.4. The van der Waals surface area contributed by atoms with E-state index in [4.69, 9.17) is 32.7 Å². The maximum absolute atomic E-state index is 6.57. The average Bonchev–Trinajstić information content (AvgIpc) is 3.36. The number of hydrogen-bond donors (Lipinski definition) is 1. The Labute approximate surface area is 237 Å². The van der Waals surface area contributed by atoms with E-state index in [1.165, 1.54) is 0 Å². The Balaban J connectivity index is 0.00000380. The van der Waals surface area contributed by atoms with Crippen molar-refractivity contribution in [2.45, 2.75) is 31.7 Å². The molecule has 1 N–H and O–H groups in total. The van der Waals surface area contributed by atoms with Crippen LogP contribution >= 0.6 is 47.4 Å². The second-order valence-corrected chi connectivity index (χ2v) is 9.68. The summed E-state index contributed by atoms with van der Waals surface area (Å²) in [5, 5.41) is 17.4. The average molecular weight is 581 g/mol. The van der Waals surface area contributed by atoms with Crippen LogP contribution in [-0.2, 0) is 13.2 Å². The Morgan fingerprint density at radius 2 is 1.76 bits per heavy atom. The zero-order chi connectivity index (χ0) is 25.2. The normalized spacial score (nSPS) is 10.7. The fourth-order valence-electron chi connectivity index (χ4n) is 3.49. The van der Waals surface area contributed by atoms with Gasteiger partial charge in [0, 0.05) is 22.9 Å². The predicted molar refractivity (Wildman–Crippen MR) is 152 cm³/mol. The molecule has 4 rings (SSSR count). The van der Waals surface area contributed by atoms with Gasteiger partial charge in [0.1, 0.15) is 6.61 Å². The molecule has 0 amide bonds. The van der Waals surface area contributed by atoms with Crippen molar-refractivity contribution in [2.75, 3.05) is 18.9 Å². The van der Waals surface area contributed by atoms with Crippen molar-refractivity contribution in [1.29, 1.82) is 0 Å². The molecule has 0 aliphatic carbocycles. The molecule has 37 heavy (non-hydrogen) atoms. The van der Waals surface area contributed by atoms with Crippen molar-refractivity contribution in [2.24, 2.45) is 0 Å². The van der Waals surface area contributed by atoms with E-state index in [2.05, 4.69) is 20.8 Å². The number of aromatic nitrogens is 4. The number of nitrogens with one attached hydrogen (secondary N) is 1. The lowest BCUT2D eigenvalue weighted by Gasteiger charge is -2.16. The summed E-state index contributed by atoms with van der Waals surface area (Å²) in [6.45, 7) is 4.25. The topological polar surface area (TPSA) is 74.1 Å². The van der Waals surface area contributed by atoms with E-state index >= 15 is 0 Å².